The molecule has 0 spiro atoms. The van der Waals surface area contributed by atoms with Gasteiger partial charge in [0.15, 0.2) is 0 Å². The number of morpholine rings is 1. The van der Waals surface area contributed by atoms with Crippen LogP contribution in [0.4, 0.5) is 4.39 Å². The minimum absolute atomic E-state index is 0.0668. The van der Waals surface area contributed by atoms with Gasteiger partial charge < -0.3 is 19.1 Å². The molecule has 0 radical (unpaired) electrons. The van der Waals surface area contributed by atoms with E-state index in [4.69, 9.17) is 19.3 Å². The van der Waals surface area contributed by atoms with Gasteiger partial charge in [-0.15, -0.1) is 0 Å². The Labute approximate surface area is 245 Å². The number of benzene rings is 3. The van der Waals surface area contributed by atoms with Crippen LogP contribution in [-0.2, 0) is 9.53 Å². The SMILES string of the molecule is COc1ccc(C2=NN(C(=O)CN(CCN3CCOCC3)C(=O)c3ccccc3F)[C@H](c3ccc(OC)cc3)C2)cc1. The Morgan fingerprint density at radius 1 is 0.952 bits per heavy atom. The third-order valence-corrected chi connectivity index (χ3v) is 7.60. The van der Waals surface area contributed by atoms with Crippen molar-refractivity contribution in [1.82, 2.24) is 14.8 Å². The Hall–Kier alpha value is -4.28. The zero-order valence-electron chi connectivity index (χ0n) is 23.9. The van der Waals surface area contributed by atoms with Gasteiger partial charge in [0.2, 0.25) is 0 Å². The van der Waals surface area contributed by atoms with Gasteiger partial charge >= 0.3 is 0 Å². The fraction of sp³-hybridized carbons (Fsp3) is 0.344. The maximum Gasteiger partial charge on any atom is 0.262 e. The number of nitrogens with zero attached hydrogens (tertiary/aromatic N) is 4. The molecule has 220 valence electrons. The van der Waals surface area contributed by atoms with Crippen molar-refractivity contribution in [3.63, 3.8) is 0 Å². The highest BCUT2D eigenvalue weighted by atomic mass is 19.1. The van der Waals surface area contributed by atoms with Crippen molar-refractivity contribution in [3.05, 3.63) is 95.3 Å². The third-order valence-electron chi connectivity index (χ3n) is 7.60. The van der Waals surface area contributed by atoms with Crippen LogP contribution in [0.1, 0.15) is 33.9 Å². The van der Waals surface area contributed by atoms with E-state index in [0.29, 0.717) is 31.9 Å². The van der Waals surface area contributed by atoms with Crippen molar-refractivity contribution in [2.75, 3.05) is 60.2 Å². The number of hydrogen-bond donors (Lipinski definition) is 0. The van der Waals surface area contributed by atoms with E-state index in [0.717, 1.165) is 35.7 Å². The highest BCUT2D eigenvalue weighted by Crippen LogP contribution is 2.34. The number of halogens is 1. The first-order chi connectivity index (χ1) is 20.5. The normalized spacial score (nSPS) is 17.1. The van der Waals surface area contributed by atoms with Crippen molar-refractivity contribution in [2.24, 2.45) is 5.10 Å². The standard InChI is InChI=1S/C32H35FN4O5/c1-40-25-11-7-23(8-12-25)29-21-30(24-9-13-26(41-2)14-10-24)37(34-29)31(38)22-36(16-15-35-17-19-42-20-18-35)32(39)27-5-3-4-6-28(27)33/h3-14,30H,15-22H2,1-2H3/t30-/m0/s1. The molecule has 2 aliphatic rings. The molecule has 1 atom stereocenters. The molecule has 9 nitrogen and oxygen atoms in total. The summed E-state index contributed by atoms with van der Waals surface area (Å²) in [6.45, 7) is 3.24. The molecule has 10 heteroatoms. The summed E-state index contributed by atoms with van der Waals surface area (Å²) >= 11 is 0. The third kappa shape index (κ3) is 6.78. The van der Waals surface area contributed by atoms with Crippen molar-refractivity contribution in [3.8, 4) is 11.5 Å². The fourth-order valence-corrected chi connectivity index (χ4v) is 5.16. The molecule has 0 aliphatic carbocycles. The monoisotopic (exact) mass is 574 g/mol. The van der Waals surface area contributed by atoms with E-state index in [2.05, 4.69) is 4.90 Å². The number of hydrazone groups is 1. The summed E-state index contributed by atoms with van der Waals surface area (Å²) in [5.41, 5.74) is 2.43. The molecule has 0 bridgehead atoms. The highest BCUT2D eigenvalue weighted by molar-refractivity contribution is 6.04. The van der Waals surface area contributed by atoms with E-state index >= 15 is 0 Å². The largest absolute Gasteiger partial charge is 0.497 e. The summed E-state index contributed by atoms with van der Waals surface area (Å²) in [6, 6.07) is 20.5. The molecule has 0 saturated carbocycles. The van der Waals surface area contributed by atoms with Crippen LogP contribution in [0.3, 0.4) is 0 Å². The summed E-state index contributed by atoms with van der Waals surface area (Å²) in [5.74, 6) is -0.0843. The zero-order chi connectivity index (χ0) is 29.5. The molecule has 2 aliphatic heterocycles. The number of amides is 2. The first-order valence-electron chi connectivity index (χ1n) is 14.0. The molecule has 2 heterocycles. The minimum atomic E-state index is -0.622. The van der Waals surface area contributed by atoms with Crippen LogP contribution in [0, 0.1) is 5.82 Å². The van der Waals surface area contributed by atoms with Crippen molar-refractivity contribution in [1.29, 1.82) is 0 Å². The number of carbonyl (C=O) groups is 2. The second-order valence-corrected chi connectivity index (χ2v) is 10.2. The summed E-state index contributed by atoms with van der Waals surface area (Å²) in [5, 5.41) is 6.21. The van der Waals surface area contributed by atoms with Crippen LogP contribution in [0.15, 0.2) is 77.9 Å². The average molecular weight is 575 g/mol. The summed E-state index contributed by atoms with van der Waals surface area (Å²) in [7, 11) is 3.21. The molecule has 42 heavy (non-hydrogen) atoms. The first-order valence-corrected chi connectivity index (χ1v) is 14.0. The predicted molar refractivity (Wildman–Crippen MR) is 156 cm³/mol. The van der Waals surface area contributed by atoms with Crippen molar-refractivity contribution in [2.45, 2.75) is 12.5 Å². The molecule has 0 unspecified atom stereocenters. The smallest absolute Gasteiger partial charge is 0.262 e. The molecule has 5 rings (SSSR count). The van der Waals surface area contributed by atoms with E-state index in [9.17, 15) is 14.0 Å². The maximum atomic E-state index is 14.7. The Balaban J connectivity index is 1.42. The zero-order valence-corrected chi connectivity index (χ0v) is 23.9. The van der Waals surface area contributed by atoms with Crippen molar-refractivity contribution < 1.29 is 28.2 Å². The van der Waals surface area contributed by atoms with Crippen LogP contribution in [-0.4, -0.2) is 92.5 Å². The lowest BCUT2D eigenvalue weighted by Crippen LogP contribution is -2.46. The van der Waals surface area contributed by atoms with Gasteiger partial charge in [-0.2, -0.15) is 5.10 Å². The Kier molecular flexibility index (Phi) is 9.45. The van der Waals surface area contributed by atoms with E-state index in [1.54, 1.807) is 20.3 Å². The summed E-state index contributed by atoms with van der Waals surface area (Å²) in [6.07, 6.45) is 0.486. The van der Waals surface area contributed by atoms with Gasteiger partial charge in [0.1, 0.15) is 23.9 Å². The molecule has 2 amide bonds. The van der Waals surface area contributed by atoms with Crippen LogP contribution in [0.2, 0.25) is 0 Å². The topological polar surface area (TPSA) is 83.9 Å². The number of methoxy groups -OCH3 is 2. The first kappa shape index (κ1) is 29.2. The summed E-state index contributed by atoms with van der Waals surface area (Å²) in [4.78, 5) is 31.1. The lowest BCUT2D eigenvalue weighted by Gasteiger charge is -2.31. The lowest BCUT2D eigenvalue weighted by atomic mass is 9.98. The number of hydrogen-bond acceptors (Lipinski definition) is 7. The Morgan fingerprint density at radius 3 is 2.24 bits per heavy atom. The lowest BCUT2D eigenvalue weighted by molar-refractivity contribution is -0.133. The van der Waals surface area contributed by atoms with Crippen molar-refractivity contribution >= 4 is 17.5 Å². The maximum absolute atomic E-state index is 14.7. The average Bonchev–Trinajstić information content (AvgIpc) is 3.49. The second-order valence-electron chi connectivity index (χ2n) is 10.2. The molecule has 0 aromatic heterocycles. The number of carbonyl (C=O) groups excluding carboxylic acids is 2. The van der Waals surface area contributed by atoms with Gasteiger partial charge in [-0.25, -0.2) is 9.40 Å². The number of rotatable bonds is 10. The van der Waals surface area contributed by atoms with Crippen LogP contribution < -0.4 is 9.47 Å². The van der Waals surface area contributed by atoms with Gasteiger partial charge in [0, 0.05) is 32.6 Å². The van der Waals surface area contributed by atoms with Gasteiger partial charge in [-0.3, -0.25) is 14.5 Å². The van der Waals surface area contributed by atoms with Crippen LogP contribution in [0.25, 0.3) is 0 Å². The van der Waals surface area contributed by atoms with E-state index in [-0.39, 0.29) is 30.6 Å². The predicted octanol–water partition coefficient (Wildman–Crippen LogP) is 4.00. The molecule has 3 aromatic carbocycles. The molecule has 0 N–H and O–H groups in total. The van der Waals surface area contributed by atoms with E-state index in [1.807, 2.05) is 48.5 Å². The van der Waals surface area contributed by atoms with E-state index < -0.39 is 11.7 Å². The Bertz CT molecular complexity index is 1410. The second kappa shape index (κ2) is 13.6. The highest BCUT2D eigenvalue weighted by Gasteiger charge is 2.35. The van der Waals surface area contributed by atoms with Crippen LogP contribution >= 0.6 is 0 Å². The number of ether oxygens (including phenoxy) is 3. The van der Waals surface area contributed by atoms with Crippen LogP contribution in [0.5, 0.6) is 11.5 Å². The molecule has 1 fully saturated rings. The van der Waals surface area contributed by atoms with E-state index in [1.165, 1.54) is 28.1 Å². The molecular formula is C32H35FN4O5. The molecular weight excluding hydrogens is 539 g/mol. The molecule has 3 aromatic rings. The van der Waals surface area contributed by atoms with Gasteiger partial charge in [-0.1, -0.05) is 24.3 Å². The van der Waals surface area contributed by atoms with Gasteiger partial charge in [0.25, 0.3) is 11.8 Å². The van der Waals surface area contributed by atoms with Gasteiger partial charge in [-0.05, 0) is 59.7 Å². The fourth-order valence-electron chi connectivity index (χ4n) is 5.16. The minimum Gasteiger partial charge on any atom is -0.497 e. The summed E-state index contributed by atoms with van der Waals surface area (Å²) < 4.78 is 30.7. The Morgan fingerprint density at radius 2 is 1.60 bits per heavy atom. The van der Waals surface area contributed by atoms with Gasteiger partial charge in [0.05, 0.1) is 44.8 Å². The molecule has 1 saturated heterocycles. The quantitative estimate of drug-likeness (QED) is 0.364.